The Bertz CT molecular complexity index is 1630. The maximum absolute atomic E-state index is 14.1. The lowest BCUT2D eigenvalue weighted by Crippen LogP contribution is -2.48. The first kappa shape index (κ1) is 34.3. The monoisotopic (exact) mass is 661 g/mol. The quantitative estimate of drug-likeness (QED) is 0.295. The van der Waals surface area contributed by atoms with Gasteiger partial charge in [0.2, 0.25) is 29.5 Å². The second-order valence-electron chi connectivity index (χ2n) is 13.4. The minimum Gasteiger partial charge on any atom is -0.446 e. The highest BCUT2D eigenvalue weighted by atomic mass is 16.3. The first-order chi connectivity index (χ1) is 22.9. The fourth-order valence-electron chi connectivity index (χ4n) is 5.98. The Balaban J connectivity index is 1.52. The van der Waals surface area contributed by atoms with Crippen LogP contribution in [-0.2, 0) is 20.8 Å². The minimum atomic E-state index is -0.981. The zero-order chi connectivity index (χ0) is 34.5. The molecule has 2 aromatic heterocycles. The number of carbonyl (C=O) groups excluding carboxylic acids is 5. The average Bonchev–Trinajstić information content (AvgIpc) is 3.80. The largest absolute Gasteiger partial charge is 0.446 e. The van der Waals surface area contributed by atoms with E-state index in [1.165, 1.54) is 17.4 Å². The molecule has 14 heteroatoms. The van der Waals surface area contributed by atoms with Crippen molar-refractivity contribution in [1.29, 1.82) is 0 Å². The van der Waals surface area contributed by atoms with E-state index in [4.69, 9.17) is 8.83 Å². The molecule has 0 aliphatic carbocycles. The predicted octanol–water partition coefficient (Wildman–Crippen LogP) is 2.84. The molecule has 0 saturated carbocycles. The molecule has 4 heterocycles. The first-order valence-corrected chi connectivity index (χ1v) is 16.3. The lowest BCUT2D eigenvalue weighted by Gasteiger charge is -2.25. The van der Waals surface area contributed by atoms with E-state index in [0.29, 0.717) is 12.8 Å². The van der Waals surface area contributed by atoms with E-state index in [9.17, 15) is 24.0 Å². The molecule has 4 bridgehead atoms. The second kappa shape index (κ2) is 14.8. The average molecular weight is 662 g/mol. The number of hydrogen-bond acceptors (Lipinski definition) is 9. The van der Waals surface area contributed by atoms with Crippen molar-refractivity contribution in [1.82, 2.24) is 36.1 Å². The van der Waals surface area contributed by atoms with Gasteiger partial charge in [-0.25, -0.2) is 9.97 Å². The molecule has 2 aliphatic rings. The normalized spacial score (nSPS) is 23.6. The van der Waals surface area contributed by atoms with Crippen molar-refractivity contribution >= 4 is 29.5 Å². The topological polar surface area (TPSA) is 189 Å². The number of fused-ring (bicyclic) bond motifs is 5. The summed E-state index contributed by atoms with van der Waals surface area (Å²) >= 11 is 0. The van der Waals surface area contributed by atoms with Gasteiger partial charge in [-0.2, -0.15) is 0 Å². The van der Waals surface area contributed by atoms with Gasteiger partial charge < -0.3 is 35.0 Å². The third-order valence-electron chi connectivity index (χ3n) is 8.27. The van der Waals surface area contributed by atoms with Gasteiger partial charge in [-0.05, 0) is 37.2 Å². The number of nitrogens with one attached hydrogen (secondary N) is 4. The van der Waals surface area contributed by atoms with Gasteiger partial charge in [0.05, 0.1) is 0 Å². The van der Waals surface area contributed by atoms with E-state index in [-0.39, 0.29) is 60.3 Å². The molecule has 5 rings (SSSR count). The van der Waals surface area contributed by atoms with Crippen molar-refractivity contribution in [3.63, 3.8) is 0 Å². The van der Waals surface area contributed by atoms with Gasteiger partial charge in [0.25, 0.3) is 11.8 Å². The molecule has 1 fully saturated rings. The SMILES string of the molecule is CC(C)CC(=O)N[C@H]1C[C@H]2C(=O)N[C@@H](Cc3ccccc3)c3nc(co3)C(=O)N[C@H](CC(C)C)C(=O)N[C@H](C)c3nc(co3)C(=O)N2C1. The van der Waals surface area contributed by atoms with Gasteiger partial charge in [0.15, 0.2) is 11.4 Å². The molecular weight excluding hydrogens is 618 g/mol. The smallest absolute Gasteiger partial charge is 0.276 e. The Hall–Kier alpha value is -5.01. The zero-order valence-electron chi connectivity index (χ0n) is 27.8. The van der Waals surface area contributed by atoms with Gasteiger partial charge in [-0.1, -0.05) is 58.0 Å². The van der Waals surface area contributed by atoms with E-state index < -0.39 is 53.8 Å². The maximum Gasteiger partial charge on any atom is 0.276 e. The molecule has 5 amide bonds. The van der Waals surface area contributed by atoms with E-state index in [0.717, 1.165) is 5.56 Å². The molecule has 48 heavy (non-hydrogen) atoms. The number of nitrogens with zero attached hydrogens (tertiary/aromatic N) is 3. The lowest BCUT2D eigenvalue weighted by molar-refractivity contribution is -0.126. The Labute approximate surface area is 278 Å². The second-order valence-corrected chi connectivity index (χ2v) is 13.4. The number of aromatic nitrogens is 2. The van der Waals surface area contributed by atoms with Crippen molar-refractivity contribution in [3.8, 4) is 0 Å². The zero-order valence-corrected chi connectivity index (χ0v) is 27.8. The van der Waals surface area contributed by atoms with Crippen molar-refractivity contribution < 1.29 is 32.8 Å². The van der Waals surface area contributed by atoms with E-state index >= 15 is 0 Å². The lowest BCUT2D eigenvalue weighted by atomic mass is 10.0. The summed E-state index contributed by atoms with van der Waals surface area (Å²) in [4.78, 5) is 77.5. The number of carbonyl (C=O) groups is 5. The molecule has 5 atom stereocenters. The molecule has 1 aromatic carbocycles. The van der Waals surface area contributed by atoms with Crippen molar-refractivity contribution in [2.45, 2.75) is 90.5 Å². The Kier molecular flexibility index (Phi) is 10.6. The van der Waals surface area contributed by atoms with Crippen LogP contribution in [0.4, 0.5) is 0 Å². The van der Waals surface area contributed by atoms with Crippen LogP contribution in [0.1, 0.15) is 104 Å². The van der Waals surface area contributed by atoms with Gasteiger partial charge in [0.1, 0.15) is 36.7 Å². The highest BCUT2D eigenvalue weighted by Crippen LogP contribution is 2.25. The Morgan fingerprint density at radius 2 is 1.58 bits per heavy atom. The number of benzene rings is 1. The van der Waals surface area contributed by atoms with Crippen LogP contribution in [0.15, 0.2) is 51.7 Å². The van der Waals surface area contributed by atoms with Gasteiger partial charge in [0, 0.05) is 25.4 Å². The van der Waals surface area contributed by atoms with Crippen LogP contribution in [-0.4, -0.2) is 69.1 Å². The summed E-state index contributed by atoms with van der Waals surface area (Å²) in [5.74, 6) is -1.96. The van der Waals surface area contributed by atoms with Crippen molar-refractivity contribution in [2.24, 2.45) is 11.8 Å². The van der Waals surface area contributed by atoms with Crippen molar-refractivity contribution in [2.75, 3.05) is 6.54 Å². The van der Waals surface area contributed by atoms with E-state index in [1.54, 1.807) is 6.92 Å². The van der Waals surface area contributed by atoms with Crippen LogP contribution in [0.3, 0.4) is 0 Å². The summed E-state index contributed by atoms with van der Waals surface area (Å²) in [6.45, 7) is 9.44. The Morgan fingerprint density at radius 1 is 0.896 bits per heavy atom. The van der Waals surface area contributed by atoms with Crippen LogP contribution >= 0.6 is 0 Å². The fraction of sp³-hybridized carbons (Fsp3) is 0.500. The predicted molar refractivity (Wildman–Crippen MR) is 172 cm³/mol. The van der Waals surface area contributed by atoms with Gasteiger partial charge >= 0.3 is 0 Å². The molecule has 1 saturated heterocycles. The number of amides is 5. The number of hydrogen-bond donors (Lipinski definition) is 4. The Morgan fingerprint density at radius 3 is 2.29 bits per heavy atom. The van der Waals surface area contributed by atoms with Crippen LogP contribution < -0.4 is 21.3 Å². The van der Waals surface area contributed by atoms with Gasteiger partial charge in [-0.3, -0.25) is 24.0 Å². The van der Waals surface area contributed by atoms with Crippen molar-refractivity contribution in [3.05, 3.63) is 71.6 Å². The summed E-state index contributed by atoms with van der Waals surface area (Å²) < 4.78 is 11.4. The summed E-state index contributed by atoms with van der Waals surface area (Å²) in [5.41, 5.74) is 0.755. The molecule has 256 valence electrons. The summed E-state index contributed by atoms with van der Waals surface area (Å²) in [5, 5.41) is 11.5. The van der Waals surface area contributed by atoms with Crippen LogP contribution in [0.5, 0.6) is 0 Å². The third-order valence-corrected chi connectivity index (χ3v) is 8.27. The van der Waals surface area contributed by atoms with E-state index in [2.05, 4.69) is 31.2 Å². The molecule has 0 spiro atoms. The number of rotatable bonds is 7. The number of oxazole rings is 2. The molecular formula is C34H43N7O7. The highest BCUT2D eigenvalue weighted by molar-refractivity contribution is 5.97. The van der Waals surface area contributed by atoms with E-state index in [1.807, 2.05) is 58.0 Å². The molecule has 0 unspecified atom stereocenters. The van der Waals surface area contributed by atoms with Crippen LogP contribution in [0, 0.1) is 11.8 Å². The molecule has 0 radical (unpaired) electrons. The summed E-state index contributed by atoms with van der Waals surface area (Å²) in [6, 6.07) is 5.42. The standard InChI is InChI=1S/C34H43N7O7/c1-18(2)11-23-29(43)35-20(5)32-40-26(17-47-32)34(46)41-15-22(36-28(42)12-19(3)4)14-27(41)31(45)38-24(13-21-9-7-6-8-10-21)33-39-25(16-48-33)30(44)37-23/h6-10,16-20,22-24,27H,11-15H2,1-5H3,(H,35,43)(H,36,42)(H,37,44)(H,38,45)/t20-,22+,23-,24+,27+/m1/s1. The summed E-state index contributed by atoms with van der Waals surface area (Å²) in [6.07, 6.45) is 3.44. The molecule has 2 aliphatic heterocycles. The molecule has 4 N–H and O–H groups in total. The highest BCUT2D eigenvalue weighted by Gasteiger charge is 2.42. The first-order valence-electron chi connectivity index (χ1n) is 16.3. The van der Waals surface area contributed by atoms with Crippen LogP contribution in [0.2, 0.25) is 0 Å². The fourth-order valence-corrected chi connectivity index (χ4v) is 5.98. The minimum absolute atomic E-state index is 0.0515. The van der Waals surface area contributed by atoms with Gasteiger partial charge in [-0.15, -0.1) is 0 Å². The third kappa shape index (κ3) is 8.28. The molecule has 14 nitrogen and oxygen atoms in total. The van der Waals surface area contributed by atoms with Crippen LogP contribution in [0.25, 0.3) is 0 Å². The molecule has 3 aromatic rings. The maximum atomic E-state index is 14.1. The summed E-state index contributed by atoms with van der Waals surface area (Å²) in [7, 11) is 0.